The fourth-order valence-electron chi connectivity index (χ4n) is 1.11. The minimum Gasteiger partial charge on any atom is -0.456 e. The molecular weight excluding hydrogens is 198 g/mol. The number of amides is 1. The molecule has 1 aromatic heterocycles. The number of aliphatic hydroxyl groups is 1. The molecule has 15 heavy (non-hydrogen) atoms. The maximum absolute atomic E-state index is 11.4. The molecule has 0 aliphatic heterocycles. The van der Waals surface area contributed by atoms with E-state index < -0.39 is 6.10 Å². The molecular formula is C10H15NO4. The summed E-state index contributed by atoms with van der Waals surface area (Å²) in [5, 5.41) is 11.8. The molecule has 0 aliphatic carbocycles. The lowest BCUT2D eigenvalue weighted by molar-refractivity contribution is 0.0603. The standard InChI is InChI=1S/C10H15NO4/c1-7-3-4-9(15-7)10(13)11-5-8(12)6-14-2/h3-4,8,12H,5-6H2,1-2H3,(H,11,13). The lowest BCUT2D eigenvalue weighted by Gasteiger charge is -2.09. The minimum atomic E-state index is -0.699. The van der Waals surface area contributed by atoms with Crippen LogP contribution in [0.15, 0.2) is 16.5 Å². The molecule has 1 atom stereocenters. The van der Waals surface area contributed by atoms with E-state index in [0.29, 0.717) is 5.76 Å². The predicted octanol–water partition coefficient (Wildman–Crippen LogP) is 0.325. The summed E-state index contributed by atoms with van der Waals surface area (Å²) in [7, 11) is 1.49. The van der Waals surface area contributed by atoms with E-state index in [2.05, 4.69) is 5.32 Å². The molecule has 2 N–H and O–H groups in total. The van der Waals surface area contributed by atoms with Crippen LogP contribution in [-0.4, -0.2) is 37.4 Å². The highest BCUT2D eigenvalue weighted by molar-refractivity contribution is 5.91. The van der Waals surface area contributed by atoms with Gasteiger partial charge in [-0.1, -0.05) is 0 Å². The van der Waals surface area contributed by atoms with E-state index in [1.807, 2.05) is 0 Å². The molecule has 5 heteroatoms. The van der Waals surface area contributed by atoms with E-state index in [-0.39, 0.29) is 24.8 Å². The predicted molar refractivity (Wildman–Crippen MR) is 53.7 cm³/mol. The highest BCUT2D eigenvalue weighted by atomic mass is 16.5. The van der Waals surface area contributed by atoms with E-state index in [0.717, 1.165) is 0 Å². The Kier molecular flexibility index (Phi) is 4.33. The summed E-state index contributed by atoms with van der Waals surface area (Å²) < 4.78 is 9.83. The van der Waals surface area contributed by atoms with Gasteiger partial charge < -0.3 is 19.6 Å². The van der Waals surface area contributed by atoms with Crippen LogP contribution in [0.4, 0.5) is 0 Å². The lowest BCUT2D eigenvalue weighted by atomic mass is 10.3. The normalized spacial score (nSPS) is 12.5. The van der Waals surface area contributed by atoms with Gasteiger partial charge in [0.05, 0.1) is 12.7 Å². The van der Waals surface area contributed by atoms with E-state index >= 15 is 0 Å². The number of carbonyl (C=O) groups excluding carboxylic acids is 1. The van der Waals surface area contributed by atoms with Crippen LogP contribution in [0.25, 0.3) is 0 Å². The third-order valence-electron chi connectivity index (χ3n) is 1.82. The molecule has 1 aromatic rings. The van der Waals surface area contributed by atoms with Crippen LogP contribution in [0.1, 0.15) is 16.3 Å². The molecule has 0 aromatic carbocycles. The first-order valence-electron chi connectivity index (χ1n) is 4.65. The average Bonchev–Trinajstić information content (AvgIpc) is 2.62. The molecule has 84 valence electrons. The molecule has 0 saturated carbocycles. The molecule has 0 bridgehead atoms. The van der Waals surface area contributed by atoms with Gasteiger partial charge in [-0.2, -0.15) is 0 Å². The molecule has 1 heterocycles. The Hall–Kier alpha value is -1.33. The van der Waals surface area contributed by atoms with Crippen molar-refractivity contribution in [2.24, 2.45) is 0 Å². The zero-order valence-electron chi connectivity index (χ0n) is 8.82. The quantitative estimate of drug-likeness (QED) is 0.739. The third kappa shape index (κ3) is 3.73. The van der Waals surface area contributed by atoms with Gasteiger partial charge in [0, 0.05) is 13.7 Å². The van der Waals surface area contributed by atoms with Crippen molar-refractivity contribution in [1.82, 2.24) is 5.32 Å². The second-order valence-electron chi connectivity index (χ2n) is 3.23. The van der Waals surface area contributed by atoms with Crippen LogP contribution >= 0.6 is 0 Å². The van der Waals surface area contributed by atoms with Crippen molar-refractivity contribution in [3.05, 3.63) is 23.7 Å². The number of rotatable bonds is 5. The van der Waals surface area contributed by atoms with Crippen LogP contribution in [0.3, 0.4) is 0 Å². The van der Waals surface area contributed by atoms with E-state index in [1.165, 1.54) is 7.11 Å². The highest BCUT2D eigenvalue weighted by Crippen LogP contribution is 2.05. The number of hydrogen-bond donors (Lipinski definition) is 2. The molecule has 1 unspecified atom stereocenters. The van der Waals surface area contributed by atoms with Gasteiger partial charge in [0.2, 0.25) is 0 Å². The molecule has 0 spiro atoms. The summed E-state index contributed by atoms with van der Waals surface area (Å²) in [6, 6.07) is 3.30. The summed E-state index contributed by atoms with van der Waals surface area (Å²) >= 11 is 0. The first-order chi connectivity index (χ1) is 7.13. The van der Waals surface area contributed by atoms with Gasteiger partial charge in [-0.25, -0.2) is 0 Å². The Morgan fingerprint density at radius 1 is 1.67 bits per heavy atom. The fourth-order valence-corrected chi connectivity index (χ4v) is 1.11. The Morgan fingerprint density at radius 2 is 2.40 bits per heavy atom. The van der Waals surface area contributed by atoms with Crippen molar-refractivity contribution in [3.63, 3.8) is 0 Å². The molecule has 1 rings (SSSR count). The third-order valence-corrected chi connectivity index (χ3v) is 1.82. The molecule has 0 saturated heterocycles. The Balaban J connectivity index is 2.36. The number of ether oxygens (including phenoxy) is 1. The van der Waals surface area contributed by atoms with E-state index in [9.17, 15) is 9.90 Å². The number of aliphatic hydroxyl groups excluding tert-OH is 1. The highest BCUT2D eigenvalue weighted by Gasteiger charge is 2.11. The maximum atomic E-state index is 11.4. The largest absolute Gasteiger partial charge is 0.456 e. The van der Waals surface area contributed by atoms with Crippen LogP contribution < -0.4 is 5.32 Å². The van der Waals surface area contributed by atoms with E-state index in [4.69, 9.17) is 9.15 Å². The van der Waals surface area contributed by atoms with Crippen molar-refractivity contribution in [2.75, 3.05) is 20.3 Å². The SMILES string of the molecule is COCC(O)CNC(=O)c1ccc(C)o1. The molecule has 0 fully saturated rings. The molecule has 5 nitrogen and oxygen atoms in total. The summed E-state index contributed by atoms with van der Waals surface area (Å²) in [6.07, 6.45) is -0.699. The van der Waals surface area contributed by atoms with Crippen LogP contribution in [0.2, 0.25) is 0 Å². The first-order valence-corrected chi connectivity index (χ1v) is 4.65. The topological polar surface area (TPSA) is 71.7 Å². The van der Waals surface area contributed by atoms with Crippen molar-refractivity contribution in [2.45, 2.75) is 13.0 Å². The summed E-state index contributed by atoms with van der Waals surface area (Å²) in [6.45, 7) is 2.10. The number of nitrogens with one attached hydrogen (secondary N) is 1. The molecule has 0 aliphatic rings. The Bertz CT molecular complexity index is 321. The molecule has 1 amide bonds. The smallest absolute Gasteiger partial charge is 0.287 e. The Labute approximate surface area is 88.0 Å². The van der Waals surface area contributed by atoms with Gasteiger partial charge in [-0.3, -0.25) is 4.79 Å². The van der Waals surface area contributed by atoms with Gasteiger partial charge >= 0.3 is 0 Å². The monoisotopic (exact) mass is 213 g/mol. The zero-order valence-corrected chi connectivity index (χ0v) is 8.82. The summed E-state index contributed by atoms with van der Waals surface area (Å²) in [5.74, 6) is 0.591. The van der Waals surface area contributed by atoms with Crippen molar-refractivity contribution >= 4 is 5.91 Å². The van der Waals surface area contributed by atoms with Crippen molar-refractivity contribution in [1.29, 1.82) is 0 Å². The number of hydrogen-bond acceptors (Lipinski definition) is 4. The summed E-state index contributed by atoms with van der Waals surface area (Å²) in [4.78, 5) is 11.4. The Morgan fingerprint density at radius 3 is 2.93 bits per heavy atom. The number of furan rings is 1. The number of carbonyl (C=O) groups is 1. The maximum Gasteiger partial charge on any atom is 0.287 e. The minimum absolute atomic E-state index is 0.145. The van der Waals surface area contributed by atoms with Gasteiger partial charge in [-0.05, 0) is 19.1 Å². The van der Waals surface area contributed by atoms with Crippen molar-refractivity contribution < 1.29 is 19.1 Å². The van der Waals surface area contributed by atoms with Gasteiger partial charge in [0.25, 0.3) is 5.91 Å². The fraction of sp³-hybridized carbons (Fsp3) is 0.500. The van der Waals surface area contributed by atoms with Gasteiger partial charge in [-0.15, -0.1) is 0 Å². The van der Waals surface area contributed by atoms with Crippen molar-refractivity contribution in [3.8, 4) is 0 Å². The van der Waals surface area contributed by atoms with Crippen LogP contribution in [0, 0.1) is 6.92 Å². The van der Waals surface area contributed by atoms with Crippen LogP contribution in [-0.2, 0) is 4.74 Å². The van der Waals surface area contributed by atoms with Gasteiger partial charge in [0.15, 0.2) is 5.76 Å². The zero-order chi connectivity index (χ0) is 11.3. The van der Waals surface area contributed by atoms with E-state index in [1.54, 1.807) is 19.1 Å². The van der Waals surface area contributed by atoms with Crippen LogP contribution in [0.5, 0.6) is 0 Å². The lowest BCUT2D eigenvalue weighted by Crippen LogP contribution is -2.34. The number of methoxy groups -OCH3 is 1. The molecule has 0 radical (unpaired) electrons. The summed E-state index contributed by atoms with van der Waals surface area (Å²) in [5.41, 5.74) is 0. The first kappa shape index (κ1) is 11.7. The number of aryl methyl sites for hydroxylation is 1. The van der Waals surface area contributed by atoms with Gasteiger partial charge in [0.1, 0.15) is 5.76 Å². The second-order valence-corrected chi connectivity index (χ2v) is 3.23. The average molecular weight is 213 g/mol. The second kappa shape index (κ2) is 5.53.